The van der Waals surface area contributed by atoms with Crippen LogP contribution in [-0.4, -0.2) is 57.9 Å². The van der Waals surface area contributed by atoms with E-state index in [4.69, 9.17) is 22.1 Å². The molecule has 3 heterocycles. The predicted molar refractivity (Wildman–Crippen MR) is 99.2 cm³/mol. The molecular weight excluding hydrogens is 358 g/mol. The molecule has 1 aromatic rings. The number of nitrogens with one attached hydrogen (secondary N) is 1. The Labute approximate surface area is 158 Å². The van der Waals surface area contributed by atoms with Crippen molar-refractivity contribution in [1.29, 1.82) is 0 Å². The van der Waals surface area contributed by atoms with Gasteiger partial charge >= 0.3 is 0 Å². The Balaban J connectivity index is 1.70. The summed E-state index contributed by atoms with van der Waals surface area (Å²) in [6.45, 7) is 6.69. The Morgan fingerprint density at radius 3 is 2.65 bits per heavy atom. The highest BCUT2D eigenvalue weighted by molar-refractivity contribution is 6.33. The number of nitrogens with two attached hydrogens (primary N) is 1. The molecule has 2 aliphatic heterocycles. The van der Waals surface area contributed by atoms with Gasteiger partial charge in [0.1, 0.15) is 5.02 Å². The number of rotatable bonds is 2. The fraction of sp³-hybridized carbons (Fsp3) is 0.706. The highest BCUT2D eigenvalue weighted by Crippen LogP contribution is 2.41. The molecule has 1 aromatic heterocycles. The van der Waals surface area contributed by atoms with Gasteiger partial charge in [0.15, 0.2) is 5.82 Å². The lowest BCUT2D eigenvalue weighted by atomic mass is 9.75. The van der Waals surface area contributed by atoms with Crippen LogP contribution in [0.15, 0.2) is 0 Å². The number of hydrogen-bond donors (Lipinski definition) is 3. The third kappa shape index (κ3) is 3.72. The average Bonchev–Trinajstić information content (AvgIpc) is 2.54. The van der Waals surface area contributed by atoms with Gasteiger partial charge in [-0.15, -0.1) is 0 Å². The first-order valence-corrected chi connectivity index (χ1v) is 9.18. The molecule has 1 amide bonds. The summed E-state index contributed by atoms with van der Waals surface area (Å²) in [6.07, 6.45) is 1.93. The van der Waals surface area contributed by atoms with Gasteiger partial charge in [-0.05, 0) is 26.7 Å². The fourth-order valence-corrected chi connectivity index (χ4v) is 4.13. The third-order valence-corrected chi connectivity index (χ3v) is 5.80. The van der Waals surface area contributed by atoms with Crippen LogP contribution in [-0.2, 0) is 9.53 Å². The number of carbonyl (C=O) groups is 1. The number of aliphatic hydroxyl groups is 1. The Kier molecular flexibility index (Phi) is 5.02. The number of ether oxygens (including phenoxy) is 1. The van der Waals surface area contributed by atoms with Crippen LogP contribution in [0.25, 0.3) is 0 Å². The second-order valence-corrected chi connectivity index (χ2v) is 7.95. The molecule has 4 N–H and O–H groups in total. The molecule has 2 aliphatic rings. The normalized spacial score (nSPS) is 28.2. The van der Waals surface area contributed by atoms with Crippen molar-refractivity contribution in [3.63, 3.8) is 0 Å². The third-order valence-electron chi connectivity index (χ3n) is 5.36. The Morgan fingerprint density at radius 1 is 1.42 bits per heavy atom. The van der Waals surface area contributed by atoms with Gasteiger partial charge in [-0.2, -0.15) is 4.98 Å². The molecule has 0 aromatic carbocycles. The van der Waals surface area contributed by atoms with Gasteiger partial charge in [0.25, 0.3) is 0 Å². The van der Waals surface area contributed by atoms with E-state index < -0.39 is 17.2 Å². The molecule has 1 spiro atoms. The van der Waals surface area contributed by atoms with Crippen LogP contribution >= 0.6 is 11.6 Å². The summed E-state index contributed by atoms with van der Waals surface area (Å²) in [4.78, 5) is 21.8. The van der Waals surface area contributed by atoms with Crippen molar-refractivity contribution in [3.8, 4) is 0 Å². The zero-order valence-electron chi connectivity index (χ0n) is 15.4. The second kappa shape index (κ2) is 6.83. The van der Waals surface area contributed by atoms with E-state index in [0.29, 0.717) is 42.7 Å². The SMILES string of the molecule is CC(=O)N[C@H]1COC2(CCN(c3nc(N)nc(C)c3Cl)CC2)C[C@]1(C)O. The lowest BCUT2D eigenvalue weighted by Crippen LogP contribution is -2.63. The molecular formula is C17H26ClN5O3. The van der Waals surface area contributed by atoms with Gasteiger partial charge in [-0.3, -0.25) is 4.79 Å². The minimum Gasteiger partial charge on any atom is -0.388 e. The molecule has 144 valence electrons. The van der Waals surface area contributed by atoms with Crippen molar-refractivity contribution in [1.82, 2.24) is 15.3 Å². The quantitative estimate of drug-likeness (QED) is 0.699. The Hall–Kier alpha value is -1.64. The molecule has 26 heavy (non-hydrogen) atoms. The minimum atomic E-state index is -1.01. The number of aromatic nitrogens is 2. The second-order valence-electron chi connectivity index (χ2n) is 7.57. The maximum atomic E-state index is 11.3. The number of nitrogens with zero attached hydrogens (tertiary/aromatic N) is 3. The van der Waals surface area contributed by atoms with Crippen molar-refractivity contribution >= 4 is 29.3 Å². The van der Waals surface area contributed by atoms with Crippen LogP contribution in [0.5, 0.6) is 0 Å². The van der Waals surface area contributed by atoms with E-state index in [-0.39, 0.29) is 11.9 Å². The van der Waals surface area contributed by atoms with Crippen LogP contribution < -0.4 is 16.0 Å². The fourth-order valence-electron chi connectivity index (χ4n) is 3.93. The summed E-state index contributed by atoms with van der Waals surface area (Å²) >= 11 is 6.36. The van der Waals surface area contributed by atoms with Crippen LogP contribution in [0.3, 0.4) is 0 Å². The molecule has 0 radical (unpaired) electrons. The predicted octanol–water partition coefficient (Wildman–Crippen LogP) is 1.04. The lowest BCUT2D eigenvalue weighted by Gasteiger charge is -2.51. The van der Waals surface area contributed by atoms with Gasteiger partial charge in [-0.25, -0.2) is 4.98 Å². The van der Waals surface area contributed by atoms with E-state index in [1.165, 1.54) is 6.92 Å². The lowest BCUT2D eigenvalue weighted by molar-refractivity contribution is -0.180. The van der Waals surface area contributed by atoms with E-state index in [1.54, 1.807) is 13.8 Å². The van der Waals surface area contributed by atoms with Crippen molar-refractivity contribution in [2.24, 2.45) is 0 Å². The monoisotopic (exact) mass is 383 g/mol. The van der Waals surface area contributed by atoms with Crippen molar-refractivity contribution < 1.29 is 14.6 Å². The topological polar surface area (TPSA) is 114 Å². The zero-order chi connectivity index (χ0) is 19.1. The number of piperidine rings is 1. The van der Waals surface area contributed by atoms with E-state index in [1.807, 2.05) is 0 Å². The van der Waals surface area contributed by atoms with Crippen molar-refractivity contribution in [3.05, 3.63) is 10.7 Å². The largest absolute Gasteiger partial charge is 0.388 e. The standard InChI is InChI=1S/C17H26ClN5O3/c1-10-13(18)14(22-15(19)20-10)23-6-4-17(5-7-23)9-16(3,25)12(8-26-17)21-11(2)24/h12,25H,4-9H2,1-3H3,(H,21,24)(H2,19,20,22)/t12-,16-/m0/s1. The van der Waals surface area contributed by atoms with Gasteiger partial charge in [0.05, 0.1) is 29.5 Å². The number of hydrogen-bond acceptors (Lipinski definition) is 7. The summed E-state index contributed by atoms with van der Waals surface area (Å²) in [5.74, 6) is 0.679. The Morgan fingerprint density at radius 2 is 2.08 bits per heavy atom. The van der Waals surface area contributed by atoms with Crippen LogP contribution in [0, 0.1) is 6.92 Å². The summed E-state index contributed by atoms with van der Waals surface area (Å²) in [5.41, 5.74) is 5.00. The average molecular weight is 384 g/mol. The molecule has 3 rings (SSSR count). The molecule has 2 fully saturated rings. The first kappa shape index (κ1) is 19.1. The summed E-state index contributed by atoms with van der Waals surface area (Å²) in [5, 5.41) is 14.1. The molecule has 2 saturated heterocycles. The first-order valence-electron chi connectivity index (χ1n) is 8.80. The van der Waals surface area contributed by atoms with Crippen LogP contribution in [0.2, 0.25) is 5.02 Å². The van der Waals surface area contributed by atoms with Gasteiger partial charge < -0.3 is 25.8 Å². The number of amides is 1. The number of carbonyl (C=O) groups excluding carboxylic acids is 1. The molecule has 2 atom stereocenters. The van der Waals surface area contributed by atoms with Gasteiger partial charge in [0, 0.05) is 26.4 Å². The highest BCUT2D eigenvalue weighted by atomic mass is 35.5. The smallest absolute Gasteiger partial charge is 0.222 e. The van der Waals surface area contributed by atoms with E-state index in [0.717, 1.165) is 12.8 Å². The molecule has 0 aliphatic carbocycles. The number of aryl methyl sites for hydroxylation is 1. The molecule has 0 saturated carbocycles. The summed E-state index contributed by atoms with van der Waals surface area (Å²) in [7, 11) is 0. The molecule has 0 unspecified atom stereocenters. The molecule has 0 bridgehead atoms. The molecule has 9 heteroatoms. The van der Waals surface area contributed by atoms with E-state index >= 15 is 0 Å². The maximum Gasteiger partial charge on any atom is 0.222 e. The summed E-state index contributed by atoms with van der Waals surface area (Å²) < 4.78 is 6.13. The Bertz CT molecular complexity index is 704. The zero-order valence-corrected chi connectivity index (χ0v) is 16.1. The van der Waals surface area contributed by atoms with Crippen LogP contribution in [0.4, 0.5) is 11.8 Å². The van der Waals surface area contributed by atoms with Gasteiger partial charge in [0.2, 0.25) is 11.9 Å². The summed E-state index contributed by atoms with van der Waals surface area (Å²) in [6, 6.07) is -0.401. The number of halogens is 1. The van der Waals surface area contributed by atoms with E-state index in [9.17, 15) is 9.90 Å². The van der Waals surface area contributed by atoms with Crippen molar-refractivity contribution in [2.75, 3.05) is 30.3 Å². The van der Waals surface area contributed by atoms with Crippen molar-refractivity contribution in [2.45, 2.75) is 57.3 Å². The molecule has 8 nitrogen and oxygen atoms in total. The number of nitrogen functional groups attached to an aromatic ring is 1. The minimum absolute atomic E-state index is 0.170. The first-order chi connectivity index (χ1) is 12.1. The van der Waals surface area contributed by atoms with Gasteiger partial charge in [-0.1, -0.05) is 11.6 Å². The number of anilines is 2. The van der Waals surface area contributed by atoms with Crippen LogP contribution in [0.1, 0.15) is 38.8 Å². The highest BCUT2D eigenvalue weighted by Gasteiger charge is 2.49. The van der Waals surface area contributed by atoms with E-state index in [2.05, 4.69) is 20.2 Å². The maximum absolute atomic E-state index is 11.3.